The molecule has 0 atom stereocenters. The number of nitrogens with two attached hydrogens (primary N) is 4. The molecule has 0 fully saturated rings. The van der Waals surface area contributed by atoms with Crippen molar-refractivity contribution >= 4 is 206 Å². The minimum Gasteiger partial charge on any atom is -0.397 e. The van der Waals surface area contributed by atoms with Gasteiger partial charge in [-0.15, -0.1) is 76.0 Å². The van der Waals surface area contributed by atoms with Crippen LogP contribution in [0.25, 0.3) is 93.9 Å². The fourth-order valence-corrected chi connectivity index (χ4v) is 18.3. The third-order valence-electron chi connectivity index (χ3n) is 15.4. The van der Waals surface area contributed by atoms with E-state index in [0.717, 1.165) is 89.6 Å². The Labute approximate surface area is 581 Å². The lowest BCUT2D eigenvalue weighted by Gasteiger charge is -2.10. The van der Waals surface area contributed by atoms with Gasteiger partial charge in [0, 0.05) is 33.0 Å². The van der Waals surface area contributed by atoms with Gasteiger partial charge in [-0.25, -0.2) is 19.9 Å². The van der Waals surface area contributed by atoms with Crippen molar-refractivity contribution in [1.82, 2.24) is 19.9 Å². The second-order valence-corrected chi connectivity index (χ2v) is 31.9. The summed E-state index contributed by atoms with van der Waals surface area (Å²) >= 11 is 5.17. The second-order valence-electron chi connectivity index (χ2n) is 22.3. The van der Waals surface area contributed by atoms with Gasteiger partial charge in [-0.1, -0.05) is 12.1 Å². The number of rotatable bonds is 16. The monoisotopic (exact) mass is 1480 g/mol. The Hall–Kier alpha value is -10.7. The van der Waals surface area contributed by atoms with Crippen LogP contribution in [0.15, 0.2) is 218 Å². The molecule has 36 heteroatoms. The molecule has 0 amide bonds. The quantitative estimate of drug-likeness (QED) is 0.0253. The van der Waals surface area contributed by atoms with E-state index in [-0.39, 0.29) is 77.4 Å². The molecule has 0 unspecified atom stereocenters. The van der Waals surface area contributed by atoms with Crippen molar-refractivity contribution < 1.29 is 51.9 Å². The van der Waals surface area contributed by atoms with Crippen molar-refractivity contribution in [2.24, 2.45) is 40.9 Å². The summed E-state index contributed by atoms with van der Waals surface area (Å²) in [7, 11) is -19.0. The van der Waals surface area contributed by atoms with Gasteiger partial charge >= 0.3 is 0 Å². The fraction of sp³-hybridized carbons (Fsp3) is 0.0312. The first-order valence-electron chi connectivity index (χ1n) is 28.9. The predicted octanol–water partition coefficient (Wildman–Crippen LogP) is 17.5. The van der Waals surface area contributed by atoms with Crippen LogP contribution in [-0.4, -0.2) is 71.8 Å². The number of thiazole rings is 4. The molecule has 500 valence electrons. The van der Waals surface area contributed by atoms with Crippen LogP contribution in [-0.2, 0) is 40.5 Å². The molecule has 0 aliphatic rings. The van der Waals surface area contributed by atoms with Crippen LogP contribution in [0.5, 0.6) is 0 Å². The Balaban J connectivity index is 0.700. The van der Waals surface area contributed by atoms with Gasteiger partial charge in [0.15, 0.2) is 0 Å². The number of fused-ring (bicyclic) bond motifs is 5. The molecule has 10 aromatic carbocycles. The number of aromatic nitrogens is 4. The molecule has 0 saturated heterocycles. The third kappa shape index (κ3) is 13.3. The molecule has 14 rings (SSSR count). The number of hydrogen-bond acceptors (Lipinski definition) is 28. The lowest BCUT2D eigenvalue weighted by atomic mass is 10.1. The summed E-state index contributed by atoms with van der Waals surface area (Å²) in [5.41, 5.74) is 31.8. The van der Waals surface area contributed by atoms with Crippen molar-refractivity contribution in [1.29, 1.82) is 0 Å². The first-order valence-corrected chi connectivity index (χ1v) is 37.9. The van der Waals surface area contributed by atoms with E-state index in [1.54, 1.807) is 86.6 Å². The Kier molecular flexibility index (Phi) is 16.8. The molecule has 0 aliphatic carbocycles. The molecule has 14 aromatic rings. The Morgan fingerprint density at radius 2 is 0.630 bits per heavy atom. The molecule has 0 aliphatic heterocycles. The van der Waals surface area contributed by atoms with Gasteiger partial charge in [0.2, 0.25) is 0 Å². The molecule has 0 bridgehead atoms. The van der Waals surface area contributed by atoms with E-state index in [4.69, 9.17) is 32.9 Å². The second kappa shape index (κ2) is 25.2. The number of nitrogens with zero attached hydrogens (tertiary/aromatic N) is 12. The maximum atomic E-state index is 12.8. The maximum Gasteiger partial charge on any atom is 0.296 e. The normalized spacial score (nSPS) is 12.8. The molecule has 0 spiro atoms. The minimum atomic E-state index is -5.03. The highest BCUT2D eigenvalue weighted by molar-refractivity contribution is 7.87. The highest BCUT2D eigenvalue weighted by Crippen LogP contribution is 2.45. The Morgan fingerprint density at radius 3 is 0.980 bits per heavy atom. The smallest absolute Gasteiger partial charge is 0.296 e. The van der Waals surface area contributed by atoms with E-state index in [9.17, 15) is 51.9 Å². The van der Waals surface area contributed by atoms with Gasteiger partial charge < -0.3 is 22.9 Å². The molecule has 12 N–H and O–H groups in total. The largest absolute Gasteiger partial charge is 0.397 e. The average Bonchev–Trinajstić information content (AvgIpc) is 1.30. The number of aryl methyl sites for hydroxylation is 2. The molecule has 28 nitrogen and oxygen atoms in total. The predicted molar refractivity (Wildman–Crippen MR) is 387 cm³/mol. The summed E-state index contributed by atoms with van der Waals surface area (Å²) in [6.45, 7) is 3.21. The van der Waals surface area contributed by atoms with E-state index in [0.29, 0.717) is 63.0 Å². The van der Waals surface area contributed by atoms with E-state index >= 15 is 0 Å². The molecular formula is C64H44N16O12S8. The van der Waals surface area contributed by atoms with Gasteiger partial charge in [0.05, 0.1) is 96.2 Å². The lowest BCUT2D eigenvalue weighted by Crippen LogP contribution is -2.00. The number of azo groups is 4. The van der Waals surface area contributed by atoms with Gasteiger partial charge in [-0.05, 0) is 171 Å². The molecule has 100 heavy (non-hydrogen) atoms. The van der Waals surface area contributed by atoms with Crippen LogP contribution in [0.3, 0.4) is 0 Å². The zero-order valence-corrected chi connectivity index (χ0v) is 57.5. The van der Waals surface area contributed by atoms with E-state index in [1.807, 2.05) is 36.4 Å². The third-order valence-corrected chi connectivity index (χ3v) is 23.8. The summed E-state index contributed by atoms with van der Waals surface area (Å²) in [5.74, 6) is 0. The van der Waals surface area contributed by atoms with Crippen molar-refractivity contribution in [3.63, 3.8) is 0 Å². The van der Waals surface area contributed by atoms with Crippen LogP contribution < -0.4 is 22.9 Å². The van der Waals surface area contributed by atoms with Gasteiger partial charge in [0.25, 0.3) is 40.5 Å². The van der Waals surface area contributed by atoms with Crippen LogP contribution in [0.1, 0.15) is 11.1 Å². The average molecular weight is 1490 g/mol. The van der Waals surface area contributed by atoms with Gasteiger partial charge in [-0.2, -0.15) is 43.9 Å². The standard InChI is InChI=1S/C64H44N16O12S8/c1-29-3-15-47-57(59(29)99(87,88)89)95-63(71-47)33-9-17-45-55(19-33)93-61(69-45)31-5-11-35(12-6-31)73-77-51-27-53(43(67)25-41(51)65)79-75-49-23-37(97(81,82)83)22-40-39(49)21-38(98(84,85)86)24-50(40)76-80-54-28-52(42(66)26-44(54)68)78-74-36-13-7-32(8-14-36)62-70-46-18-10-34(20-56(46)94-62)64-72-48-16-4-30(2)60(58(48)96-64)100(90,91)92/h3-28H,65-68H2,1-2H3,(H,81,82,83)(H,84,85,86)(H,87,88,89)(H,90,91,92). The number of benzene rings is 10. The number of nitrogen functional groups attached to an aromatic ring is 4. The Morgan fingerprint density at radius 1 is 0.320 bits per heavy atom. The van der Waals surface area contributed by atoms with Crippen molar-refractivity contribution in [3.05, 3.63) is 169 Å². The summed E-state index contributed by atoms with van der Waals surface area (Å²) in [4.78, 5) is 17.1. The lowest BCUT2D eigenvalue weighted by molar-refractivity contribution is 0.481. The molecule has 4 aromatic heterocycles. The van der Waals surface area contributed by atoms with E-state index < -0.39 is 50.3 Å². The topological polar surface area (TPSA) is 472 Å². The number of anilines is 4. The Bertz CT molecular complexity index is 6050. The van der Waals surface area contributed by atoms with Crippen LogP contribution in [0, 0.1) is 13.8 Å². The van der Waals surface area contributed by atoms with Crippen molar-refractivity contribution in [2.75, 3.05) is 22.9 Å². The van der Waals surface area contributed by atoms with E-state index in [1.165, 1.54) is 46.9 Å². The van der Waals surface area contributed by atoms with Crippen molar-refractivity contribution in [3.8, 4) is 42.3 Å². The summed E-state index contributed by atoms with van der Waals surface area (Å²) < 4.78 is 143. The molecule has 0 radical (unpaired) electrons. The van der Waals surface area contributed by atoms with Gasteiger partial charge in [0.1, 0.15) is 52.6 Å². The van der Waals surface area contributed by atoms with Gasteiger partial charge in [-0.3, -0.25) is 18.2 Å². The molecular weight excluding hydrogens is 1440 g/mol. The first-order chi connectivity index (χ1) is 47.4. The highest BCUT2D eigenvalue weighted by atomic mass is 32.2. The van der Waals surface area contributed by atoms with Crippen molar-refractivity contribution in [2.45, 2.75) is 33.4 Å². The molecule has 0 saturated carbocycles. The zero-order valence-electron chi connectivity index (χ0n) is 51.0. The van der Waals surface area contributed by atoms with Crippen LogP contribution in [0.2, 0.25) is 0 Å². The minimum absolute atomic E-state index is 0.0179. The maximum absolute atomic E-state index is 12.8. The SMILES string of the molecule is Cc1ccc2nc(-c3ccc4nc(-c5ccc(N=Nc6cc(N=Nc7cc(S(=O)(=O)O)cc8c(N=Nc9cc(N=Nc%10ccc(-c%11nc%12ccc(-c%13nc%14ccc(C)c(S(=O)(=O)O)c%14s%13)cc%12s%11)cc%10)c(N)cc9N)cc(S(=O)(=O)O)cc78)c(N)cc6N)cc5)sc4c3)sc2c1S(=O)(=O)O. The van der Waals surface area contributed by atoms with Crippen LogP contribution >= 0.6 is 45.3 Å². The number of hydrogen-bond donors (Lipinski definition) is 8. The summed E-state index contributed by atoms with van der Waals surface area (Å²) in [6, 6.07) is 40.9. The first kappa shape index (κ1) is 66.5. The fourth-order valence-electron chi connectivity index (χ4n) is 10.6. The zero-order chi connectivity index (χ0) is 70.5. The summed E-state index contributed by atoms with van der Waals surface area (Å²) in [6.07, 6.45) is 0. The summed E-state index contributed by atoms with van der Waals surface area (Å²) in [5, 5.41) is 36.5. The van der Waals surface area contributed by atoms with Crippen LogP contribution in [0.4, 0.5) is 68.2 Å². The molecule has 4 heterocycles. The highest BCUT2D eigenvalue weighted by Gasteiger charge is 2.25. The van der Waals surface area contributed by atoms with E-state index in [2.05, 4.69) is 50.9 Å².